The maximum atomic E-state index is 5.81. The Balaban J connectivity index is 1.91. The molecule has 1 fully saturated rings. The molecule has 2 heterocycles. The van der Waals surface area contributed by atoms with E-state index in [0.29, 0.717) is 30.9 Å². The summed E-state index contributed by atoms with van der Waals surface area (Å²) in [5, 5.41) is 3.40. The molecule has 0 aliphatic carbocycles. The number of anilines is 2. The van der Waals surface area contributed by atoms with Gasteiger partial charge in [0.25, 0.3) is 0 Å². The molecule has 20 heavy (non-hydrogen) atoms. The second kappa shape index (κ2) is 7.40. The summed E-state index contributed by atoms with van der Waals surface area (Å²) in [6.07, 6.45) is 2.62. The van der Waals surface area contributed by atoms with Crippen LogP contribution in [-0.4, -0.2) is 47.2 Å². The van der Waals surface area contributed by atoms with Crippen LogP contribution in [0.5, 0.6) is 0 Å². The summed E-state index contributed by atoms with van der Waals surface area (Å²) in [6.45, 7) is 8.59. The Morgan fingerprint density at radius 2 is 2.15 bits per heavy atom. The molecule has 2 rings (SSSR count). The second-order valence-corrected chi connectivity index (χ2v) is 5.28. The summed E-state index contributed by atoms with van der Waals surface area (Å²) in [6, 6.07) is 2.11. The van der Waals surface area contributed by atoms with Gasteiger partial charge in [-0.3, -0.25) is 0 Å². The maximum absolute atomic E-state index is 5.81. The molecule has 6 nitrogen and oxygen atoms in total. The molecule has 0 saturated carbocycles. The molecule has 1 aliphatic heterocycles. The summed E-state index contributed by atoms with van der Waals surface area (Å²) in [5.41, 5.74) is 5.81. The van der Waals surface area contributed by atoms with Gasteiger partial charge in [0, 0.05) is 25.3 Å². The number of nitrogens with two attached hydrogens (primary N) is 1. The fourth-order valence-corrected chi connectivity index (χ4v) is 2.50. The van der Waals surface area contributed by atoms with Crippen LogP contribution in [0.15, 0.2) is 6.07 Å². The van der Waals surface area contributed by atoms with Crippen LogP contribution in [0, 0.1) is 0 Å². The minimum Gasteiger partial charge on any atom is -0.384 e. The first-order chi connectivity index (χ1) is 9.67. The van der Waals surface area contributed by atoms with E-state index in [-0.39, 0.29) is 0 Å². The molecule has 3 N–H and O–H groups in total. The fraction of sp³-hybridized carbons (Fsp3) is 0.714. The minimum absolute atomic E-state index is 0.336. The van der Waals surface area contributed by atoms with Gasteiger partial charge in [0.1, 0.15) is 18.2 Å². The van der Waals surface area contributed by atoms with Gasteiger partial charge in [-0.05, 0) is 39.8 Å². The van der Waals surface area contributed by atoms with E-state index >= 15 is 0 Å². The van der Waals surface area contributed by atoms with E-state index in [9.17, 15) is 0 Å². The Morgan fingerprint density at radius 3 is 2.85 bits per heavy atom. The van der Waals surface area contributed by atoms with Gasteiger partial charge in [0.15, 0.2) is 5.82 Å². The number of ether oxygens (including phenoxy) is 1. The maximum Gasteiger partial charge on any atom is 0.158 e. The summed E-state index contributed by atoms with van der Waals surface area (Å²) in [4.78, 5) is 11.1. The second-order valence-electron chi connectivity index (χ2n) is 5.28. The molecule has 1 aromatic rings. The topological polar surface area (TPSA) is 76.3 Å². The van der Waals surface area contributed by atoms with Gasteiger partial charge in [0.2, 0.25) is 0 Å². The molecule has 0 radical (unpaired) electrons. The van der Waals surface area contributed by atoms with Crippen molar-refractivity contribution in [2.24, 2.45) is 0 Å². The van der Waals surface area contributed by atoms with E-state index in [0.717, 1.165) is 12.4 Å². The van der Waals surface area contributed by atoms with Gasteiger partial charge in [-0.1, -0.05) is 0 Å². The van der Waals surface area contributed by atoms with Crippen LogP contribution in [-0.2, 0) is 11.3 Å². The van der Waals surface area contributed by atoms with Crippen LogP contribution in [0.25, 0.3) is 0 Å². The van der Waals surface area contributed by atoms with Gasteiger partial charge in [-0.2, -0.15) is 0 Å². The van der Waals surface area contributed by atoms with Crippen molar-refractivity contribution in [3.05, 3.63) is 11.9 Å². The monoisotopic (exact) mass is 279 g/mol. The largest absolute Gasteiger partial charge is 0.384 e. The standard InChI is InChI=1S/C14H25N5O/c1-3-20-10-14-17-12(15)8-13(18-14)16-11(2)9-19-6-4-5-7-19/h8,11H,3-7,9-10H2,1-2H3,(H3,15,16,17,18). The predicted molar refractivity (Wildman–Crippen MR) is 80.5 cm³/mol. The van der Waals surface area contributed by atoms with Gasteiger partial charge < -0.3 is 20.7 Å². The zero-order valence-electron chi connectivity index (χ0n) is 12.4. The van der Waals surface area contributed by atoms with Crippen molar-refractivity contribution < 1.29 is 4.74 Å². The molecule has 1 aromatic heterocycles. The molecule has 0 bridgehead atoms. The molecule has 0 aromatic carbocycles. The third kappa shape index (κ3) is 4.61. The highest BCUT2D eigenvalue weighted by atomic mass is 16.5. The number of nitrogen functional groups attached to an aromatic ring is 1. The Labute approximate surface area is 120 Å². The number of rotatable bonds is 7. The van der Waals surface area contributed by atoms with Crippen LogP contribution in [0.1, 0.15) is 32.5 Å². The highest BCUT2D eigenvalue weighted by Crippen LogP contribution is 2.13. The third-order valence-corrected chi connectivity index (χ3v) is 3.35. The number of aromatic nitrogens is 2. The molecule has 1 unspecified atom stereocenters. The summed E-state index contributed by atoms with van der Waals surface area (Å²) < 4.78 is 5.33. The van der Waals surface area contributed by atoms with Crippen LogP contribution in [0.2, 0.25) is 0 Å². The highest BCUT2D eigenvalue weighted by Gasteiger charge is 2.15. The number of nitrogens with zero attached hydrogens (tertiary/aromatic N) is 3. The zero-order chi connectivity index (χ0) is 14.4. The predicted octanol–water partition coefficient (Wildman–Crippen LogP) is 1.49. The van der Waals surface area contributed by atoms with Crippen molar-refractivity contribution in [2.75, 3.05) is 37.3 Å². The van der Waals surface area contributed by atoms with Crippen LogP contribution < -0.4 is 11.1 Å². The first kappa shape index (κ1) is 15.0. The Morgan fingerprint density at radius 1 is 1.40 bits per heavy atom. The molecule has 1 saturated heterocycles. The van der Waals surface area contributed by atoms with Gasteiger partial charge in [0.05, 0.1) is 0 Å². The van der Waals surface area contributed by atoms with E-state index in [1.54, 1.807) is 6.07 Å². The van der Waals surface area contributed by atoms with Crippen molar-refractivity contribution in [3.8, 4) is 0 Å². The van der Waals surface area contributed by atoms with Gasteiger partial charge in [-0.15, -0.1) is 0 Å². The lowest BCUT2D eigenvalue weighted by atomic mass is 10.3. The van der Waals surface area contributed by atoms with E-state index in [1.165, 1.54) is 25.9 Å². The molecule has 1 aliphatic rings. The Kier molecular flexibility index (Phi) is 5.55. The molecular formula is C14H25N5O. The third-order valence-electron chi connectivity index (χ3n) is 3.35. The van der Waals surface area contributed by atoms with Gasteiger partial charge >= 0.3 is 0 Å². The SMILES string of the molecule is CCOCc1nc(N)cc(NC(C)CN2CCCC2)n1. The molecular weight excluding hydrogens is 254 g/mol. The van der Waals surface area contributed by atoms with Gasteiger partial charge in [-0.25, -0.2) is 9.97 Å². The average molecular weight is 279 g/mol. The smallest absolute Gasteiger partial charge is 0.158 e. The summed E-state index contributed by atoms with van der Waals surface area (Å²) in [5.74, 6) is 1.88. The quantitative estimate of drug-likeness (QED) is 0.787. The van der Waals surface area contributed by atoms with Crippen molar-refractivity contribution in [1.82, 2.24) is 14.9 Å². The Bertz CT molecular complexity index is 420. The number of hydrogen-bond donors (Lipinski definition) is 2. The van der Waals surface area contributed by atoms with Crippen molar-refractivity contribution >= 4 is 11.6 Å². The number of likely N-dealkylation sites (tertiary alicyclic amines) is 1. The van der Waals surface area contributed by atoms with Crippen molar-refractivity contribution in [1.29, 1.82) is 0 Å². The van der Waals surface area contributed by atoms with Crippen molar-refractivity contribution in [2.45, 2.75) is 39.3 Å². The summed E-state index contributed by atoms with van der Waals surface area (Å²) >= 11 is 0. The number of hydrogen-bond acceptors (Lipinski definition) is 6. The van der Waals surface area contributed by atoms with Crippen LogP contribution >= 0.6 is 0 Å². The number of nitrogens with one attached hydrogen (secondary N) is 1. The molecule has 0 amide bonds. The van der Waals surface area contributed by atoms with Crippen molar-refractivity contribution in [3.63, 3.8) is 0 Å². The van der Waals surface area contributed by atoms with Crippen LogP contribution in [0.4, 0.5) is 11.6 Å². The molecule has 1 atom stereocenters. The molecule has 6 heteroatoms. The van der Waals surface area contributed by atoms with E-state index < -0.39 is 0 Å². The summed E-state index contributed by atoms with van der Waals surface area (Å²) in [7, 11) is 0. The van der Waals surface area contributed by atoms with Crippen LogP contribution in [0.3, 0.4) is 0 Å². The molecule has 112 valence electrons. The molecule has 0 spiro atoms. The lowest BCUT2D eigenvalue weighted by molar-refractivity contribution is 0.128. The zero-order valence-corrected chi connectivity index (χ0v) is 12.4. The normalized spacial score (nSPS) is 17.3. The first-order valence-electron chi connectivity index (χ1n) is 7.37. The fourth-order valence-electron chi connectivity index (χ4n) is 2.50. The van der Waals surface area contributed by atoms with E-state index in [4.69, 9.17) is 10.5 Å². The average Bonchev–Trinajstić information content (AvgIpc) is 2.88. The van der Waals surface area contributed by atoms with E-state index in [1.807, 2.05) is 6.92 Å². The lowest BCUT2D eigenvalue weighted by Crippen LogP contribution is -2.33. The van der Waals surface area contributed by atoms with E-state index in [2.05, 4.69) is 27.1 Å². The Hall–Kier alpha value is -1.40. The lowest BCUT2D eigenvalue weighted by Gasteiger charge is -2.21. The highest BCUT2D eigenvalue weighted by molar-refractivity contribution is 5.45. The minimum atomic E-state index is 0.336. The first-order valence-corrected chi connectivity index (χ1v) is 7.37.